The maximum atomic E-state index is 11.9. The Labute approximate surface area is 129 Å². The van der Waals surface area contributed by atoms with E-state index >= 15 is 0 Å². The summed E-state index contributed by atoms with van der Waals surface area (Å²) in [5.41, 5.74) is 1.19. The van der Waals surface area contributed by atoms with Gasteiger partial charge in [-0.1, -0.05) is 12.1 Å². The fraction of sp³-hybridized carbons (Fsp3) is 0.235. The number of ether oxygens (including phenoxy) is 3. The molecule has 0 spiro atoms. The van der Waals surface area contributed by atoms with Gasteiger partial charge in [-0.3, -0.25) is 0 Å². The molecule has 0 aliphatic carbocycles. The molecule has 0 atom stereocenters. The highest BCUT2D eigenvalue weighted by Gasteiger charge is 2.13. The number of aryl methyl sites for hydroxylation is 1. The molecule has 5 nitrogen and oxygen atoms in total. The summed E-state index contributed by atoms with van der Waals surface area (Å²) in [7, 11) is 1.48. The van der Waals surface area contributed by atoms with Crippen molar-refractivity contribution in [3.63, 3.8) is 0 Å². The lowest BCUT2D eigenvalue weighted by Crippen LogP contribution is -2.12. The monoisotopic (exact) mass is 302 g/mol. The smallest absolute Gasteiger partial charge is 0.342 e. The number of phenols is 1. The molecule has 0 saturated heterocycles. The van der Waals surface area contributed by atoms with E-state index in [-0.39, 0.29) is 24.5 Å². The van der Waals surface area contributed by atoms with Crippen molar-refractivity contribution in [2.75, 3.05) is 20.3 Å². The van der Waals surface area contributed by atoms with Gasteiger partial charge in [-0.05, 0) is 36.8 Å². The molecule has 2 aromatic carbocycles. The topological polar surface area (TPSA) is 65.0 Å². The van der Waals surface area contributed by atoms with Crippen molar-refractivity contribution in [1.29, 1.82) is 0 Å². The number of phenolic OH excluding ortho intramolecular Hbond substituents is 1. The van der Waals surface area contributed by atoms with Crippen molar-refractivity contribution >= 4 is 5.97 Å². The lowest BCUT2D eigenvalue weighted by atomic mass is 10.2. The molecule has 0 radical (unpaired) electrons. The van der Waals surface area contributed by atoms with E-state index in [1.165, 1.54) is 19.2 Å². The third-order valence-corrected chi connectivity index (χ3v) is 3.00. The Morgan fingerprint density at radius 1 is 1.09 bits per heavy atom. The molecule has 0 aromatic heterocycles. The van der Waals surface area contributed by atoms with Gasteiger partial charge < -0.3 is 19.3 Å². The lowest BCUT2D eigenvalue weighted by Gasteiger charge is -2.09. The predicted octanol–water partition coefficient (Wildman–Crippen LogP) is 2.95. The van der Waals surface area contributed by atoms with Gasteiger partial charge >= 0.3 is 5.97 Å². The summed E-state index contributed by atoms with van der Waals surface area (Å²) in [6.45, 7) is 2.31. The van der Waals surface area contributed by atoms with Gasteiger partial charge in [-0.15, -0.1) is 0 Å². The number of rotatable bonds is 6. The maximum Gasteiger partial charge on any atom is 0.342 e. The zero-order chi connectivity index (χ0) is 15.9. The molecule has 0 aliphatic rings. The molecule has 0 amide bonds. The van der Waals surface area contributed by atoms with Crippen LogP contribution in [-0.2, 0) is 4.74 Å². The van der Waals surface area contributed by atoms with Crippen molar-refractivity contribution in [2.45, 2.75) is 6.92 Å². The van der Waals surface area contributed by atoms with Crippen LogP contribution in [0.3, 0.4) is 0 Å². The number of hydrogen-bond donors (Lipinski definition) is 1. The summed E-state index contributed by atoms with van der Waals surface area (Å²) in [6.07, 6.45) is 0. The molecule has 2 rings (SSSR count). The molecular weight excluding hydrogens is 284 g/mol. The third kappa shape index (κ3) is 4.15. The van der Waals surface area contributed by atoms with E-state index in [0.29, 0.717) is 5.75 Å². The van der Waals surface area contributed by atoms with Crippen molar-refractivity contribution in [3.8, 4) is 17.2 Å². The molecule has 0 saturated carbocycles. The average Bonchev–Trinajstić information content (AvgIpc) is 2.51. The summed E-state index contributed by atoms with van der Waals surface area (Å²) >= 11 is 0. The Hall–Kier alpha value is -2.69. The van der Waals surface area contributed by atoms with E-state index in [1.54, 1.807) is 6.07 Å². The van der Waals surface area contributed by atoms with E-state index in [4.69, 9.17) is 14.2 Å². The summed E-state index contributed by atoms with van der Waals surface area (Å²) < 4.78 is 15.5. The second kappa shape index (κ2) is 7.36. The highest BCUT2D eigenvalue weighted by atomic mass is 16.6. The number of benzene rings is 2. The van der Waals surface area contributed by atoms with Gasteiger partial charge in [0.2, 0.25) is 0 Å². The van der Waals surface area contributed by atoms with E-state index in [9.17, 15) is 9.90 Å². The highest BCUT2D eigenvalue weighted by molar-refractivity contribution is 5.92. The van der Waals surface area contributed by atoms with Crippen LogP contribution in [0.4, 0.5) is 0 Å². The fourth-order valence-electron chi connectivity index (χ4n) is 1.89. The molecule has 0 aliphatic heterocycles. The van der Waals surface area contributed by atoms with Gasteiger partial charge in [-0.25, -0.2) is 4.79 Å². The van der Waals surface area contributed by atoms with Gasteiger partial charge in [0, 0.05) is 6.07 Å². The molecule has 0 bridgehead atoms. The Kier molecular flexibility index (Phi) is 5.25. The normalized spacial score (nSPS) is 10.1. The first kappa shape index (κ1) is 15.7. The van der Waals surface area contributed by atoms with Crippen molar-refractivity contribution < 1.29 is 24.1 Å². The predicted molar refractivity (Wildman–Crippen MR) is 81.6 cm³/mol. The molecule has 0 heterocycles. The minimum atomic E-state index is -0.604. The Balaban J connectivity index is 1.83. The minimum Gasteiger partial charge on any atom is -0.507 e. The van der Waals surface area contributed by atoms with Crippen LogP contribution in [0.25, 0.3) is 0 Å². The van der Waals surface area contributed by atoms with Crippen LogP contribution in [0.5, 0.6) is 17.2 Å². The van der Waals surface area contributed by atoms with Crippen LogP contribution in [-0.4, -0.2) is 31.4 Å². The van der Waals surface area contributed by atoms with Crippen LogP contribution < -0.4 is 9.47 Å². The average molecular weight is 302 g/mol. The van der Waals surface area contributed by atoms with E-state index < -0.39 is 5.97 Å². The summed E-state index contributed by atoms with van der Waals surface area (Å²) in [4.78, 5) is 11.9. The summed E-state index contributed by atoms with van der Waals surface area (Å²) in [5, 5.41) is 9.75. The van der Waals surface area contributed by atoms with Gasteiger partial charge in [0.25, 0.3) is 0 Å². The number of aromatic hydroxyl groups is 1. The first-order valence-electron chi connectivity index (χ1n) is 6.84. The zero-order valence-corrected chi connectivity index (χ0v) is 12.5. The van der Waals surface area contributed by atoms with E-state index in [1.807, 2.05) is 31.2 Å². The summed E-state index contributed by atoms with van der Waals surface area (Å²) in [6, 6.07) is 12.0. The molecule has 0 fully saturated rings. The number of carbonyl (C=O) groups excluding carboxylic acids is 1. The van der Waals surface area contributed by atoms with Crippen molar-refractivity contribution in [2.24, 2.45) is 0 Å². The molecule has 22 heavy (non-hydrogen) atoms. The van der Waals surface area contributed by atoms with Gasteiger partial charge in [0.15, 0.2) is 0 Å². The number of carbonyl (C=O) groups is 1. The second-order valence-corrected chi connectivity index (χ2v) is 4.68. The van der Waals surface area contributed by atoms with Crippen LogP contribution >= 0.6 is 0 Å². The third-order valence-electron chi connectivity index (χ3n) is 3.00. The van der Waals surface area contributed by atoms with Crippen LogP contribution in [0.1, 0.15) is 15.9 Å². The van der Waals surface area contributed by atoms with Crippen molar-refractivity contribution in [1.82, 2.24) is 0 Å². The molecule has 116 valence electrons. The molecule has 5 heteroatoms. The maximum absolute atomic E-state index is 11.9. The SMILES string of the molecule is COc1ccc(C(=O)OCCOc2cccc(C)c2)c(O)c1. The van der Waals surface area contributed by atoms with Crippen LogP contribution in [0, 0.1) is 6.92 Å². The molecule has 2 aromatic rings. The fourth-order valence-corrected chi connectivity index (χ4v) is 1.89. The largest absolute Gasteiger partial charge is 0.507 e. The molecular formula is C17H18O5. The molecule has 1 N–H and O–H groups in total. The van der Waals surface area contributed by atoms with Gasteiger partial charge in [-0.2, -0.15) is 0 Å². The van der Waals surface area contributed by atoms with Crippen LogP contribution in [0.2, 0.25) is 0 Å². The highest BCUT2D eigenvalue weighted by Crippen LogP contribution is 2.23. The Morgan fingerprint density at radius 3 is 2.59 bits per heavy atom. The molecule has 0 unspecified atom stereocenters. The Bertz CT molecular complexity index is 651. The van der Waals surface area contributed by atoms with E-state index in [2.05, 4.69) is 0 Å². The summed E-state index contributed by atoms with van der Waals surface area (Å²) in [5.74, 6) is 0.414. The number of esters is 1. The van der Waals surface area contributed by atoms with Crippen LogP contribution in [0.15, 0.2) is 42.5 Å². The number of hydrogen-bond acceptors (Lipinski definition) is 5. The van der Waals surface area contributed by atoms with Crippen molar-refractivity contribution in [3.05, 3.63) is 53.6 Å². The lowest BCUT2D eigenvalue weighted by molar-refractivity contribution is 0.0447. The standard InChI is InChI=1S/C17H18O5/c1-12-4-3-5-14(10-12)21-8-9-22-17(19)15-7-6-13(20-2)11-16(15)18/h3-7,10-11,18H,8-9H2,1-2H3. The number of methoxy groups -OCH3 is 1. The quantitative estimate of drug-likeness (QED) is 0.656. The first-order valence-corrected chi connectivity index (χ1v) is 6.84. The zero-order valence-electron chi connectivity index (χ0n) is 12.5. The first-order chi connectivity index (χ1) is 10.6. The minimum absolute atomic E-state index is 0.0938. The van der Waals surface area contributed by atoms with E-state index in [0.717, 1.165) is 11.3 Å². The van der Waals surface area contributed by atoms with Gasteiger partial charge in [0.05, 0.1) is 7.11 Å². The second-order valence-electron chi connectivity index (χ2n) is 4.68. The van der Waals surface area contributed by atoms with Gasteiger partial charge in [0.1, 0.15) is 36.0 Å². The Morgan fingerprint density at radius 2 is 1.91 bits per heavy atom.